The molecule has 0 aromatic heterocycles. The van der Waals surface area contributed by atoms with E-state index in [0.29, 0.717) is 71.9 Å². The van der Waals surface area contributed by atoms with Gasteiger partial charge in [-0.2, -0.15) is 0 Å². The van der Waals surface area contributed by atoms with E-state index in [0.717, 1.165) is 6.42 Å². The van der Waals surface area contributed by atoms with Gasteiger partial charge in [0.1, 0.15) is 6.10 Å². The number of carbonyl (C=O) groups excluding carboxylic acids is 3. The lowest BCUT2D eigenvalue weighted by atomic mass is 10.3. The number of nitrogens with one attached hydrogen (secondary N) is 3. The normalized spacial score (nSPS) is 11.5. The molecule has 0 aromatic carbocycles. The minimum absolute atomic E-state index is 0.0233. The lowest BCUT2D eigenvalue weighted by Gasteiger charge is -2.18. The fraction of sp³-hybridized carbons (Fsp3) is 0.682. The van der Waals surface area contributed by atoms with Crippen molar-refractivity contribution in [3.05, 3.63) is 25.3 Å². The molecular formula is C22H39N3O6. The van der Waals surface area contributed by atoms with Crippen LogP contribution in [0.1, 0.15) is 32.6 Å². The number of hydrogen-bond donors (Lipinski definition) is 3. The summed E-state index contributed by atoms with van der Waals surface area (Å²) in [6, 6.07) is 0. The molecule has 0 radical (unpaired) electrons. The molecule has 0 bridgehead atoms. The van der Waals surface area contributed by atoms with Crippen molar-refractivity contribution in [2.75, 3.05) is 59.2 Å². The smallest absolute Gasteiger partial charge is 0.243 e. The molecule has 0 rings (SSSR count). The zero-order valence-corrected chi connectivity index (χ0v) is 18.8. The molecule has 0 spiro atoms. The summed E-state index contributed by atoms with van der Waals surface area (Å²) < 4.78 is 17.2. The first-order chi connectivity index (χ1) is 15.0. The number of amides is 2. The largest absolute Gasteiger partial charge is 0.379 e. The van der Waals surface area contributed by atoms with Gasteiger partial charge in [0.25, 0.3) is 0 Å². The Labute approximate surface area is 185 Å². The molecule has 1 unspecified atom stereocenters. The third-order valence-electron chi connectivity index (χ3n) is 4.04. The molecule has 2 amide bonds. The van der Waals surface area contributed by atoms with Gasteiger partial charge in [0.05, 0.1) is 19.8 Å². The number of ether oxygens (including phenoxy) is 3. The van der Waals surface area contributed by atoms with Gasteiger partial charge in [-0.05, 0) is 38.0 Å². The van der Waals surface area contributed by atoms with Crippen LogP contribution in [0.15, 0.2) is 25.3 Å². The number of hydrogen-bond acceptors (Lipinski definition) is 7. The first kappa shape index (κ1) is 28.9. The molecule has 0 saturated heterocycles. The molecule has 31 heavy (non-hydrogen) atoms. The molecule has 0 fully saturated rings. The quantitative estimate of drug-likeness (QED) is 0.168. The topological polar surface area (TPSA) is 115 Å². The van der Waals surface area contributed by atoms with Gasteiger partial charge in [-0.15, -0.1) is 0 Å². The average molecular weight is 442 g/mol. The standard InChI is InChI=1S/C22H39N3O6/c1-4-19(26)16-23-10-7-13-29-17-20(31-15-9-12-25-22(28)6-3)18-30-14-8-11-24-21(27)5-2/h4-5,20,23H,1-2,6-18H2,3H3,(H,24,27)(H,25,28). The molecule has 3 N–H and O–H groups in total. The van der Waals surface area contributed by atoms with Crippen LogP contribution in [0.3, 0.4) is 0 Å². The SMILES string of the molecule is C=CC(=O)CNCCCOCC(COCCCNC(=O)C=C)OCCCNC(=O)CC. The zero-order chi connectivity index (χ0) is 23.2. The summed E-state index contributed by atoms with van der Waals surface area (Å²) in [4.78, 5) is 33.5. The van der Waals surface area contributed by atoms with Gasteiger partial charge in [0.15, 0.2) is 5.78 Å². The minimum atomic E-state index is -0.222. The van der Waals surface area contributed by atoms with Gasteiger partial charge in [-0.25, -0.2) is 0 Å². The van der Waals surface area contributed by atoms with Crippen molar-refractivity contribution < 1.29 is 28.6 Å². The van der Waals surface area contributed by atoms with Crippen molar-refractivity contribution in [2.24, 2.45) is 0 Å². The summed E-state index contributed by atoms with van der Waals surface area (Å²) >= 11 is 0. The van der Waals surface area contributed by atoms with Gasteiger partial charge in [-0.3, -0.25) is 14.4 Å². The summed E-state index contributed by atoms with van der Waals surface area (Å²) in [5.41, 5.74) is 0. The summed E-state index contributed by atoms with van der Waals surface area (Å²) in [5, 5.41) is 8.53. The van der Waals surface area contributed by atoms with E-state index in [1.165, 1.54) is 12.2 Å². The van der Waals surface area contributed by atoms with Crippen molar-refractivity contribution >= 4 is 17.6 Å². The highest BCUT2D eigenvalue weighted by Gasteiger charge is 2.10. The Balaban J connectivity index is 4.02. The molecular weight excluding hydrogens is 402 g/mol. The van der Waals surface area contributed by atoms with Crippen LogP contribution in [-0.4, -0.2) is 82.9 Å². The predicted molar refractivity (Wildman–Crippen MR) is 120 cm³/mol. The van der Waals surface area contributed by atoms with Crippen LogP contribution >= 0.6 is 0 Å². The highest BCUT2D eigenvalue weighted by molar-refractivity contribution is 5.90. The first-order valence-corrected chi connectivity index (χ1v) is 10.8. The van der Waals surface area contributed by atoms with E-state index in [4.69, 9.17) is 14.2 Å². The van der Waals surface area contributed by atoms with Gasteiger partial charge >= 0.3 is 0 Å². The van der Waals surface area contributed by atoms with Crippen molar-refractivity contribution in [1.82, 2.24) is 16.0 Å². The Bertz CT molecular complexity index is 527. The third kappa shape index (κ3) is 19.6. The maximum atomic E-state index is 11.2. The van der Waals surface area contributed by atoms with Crippen LogP contribution in [0.5, 0.6) is 0 Å². The van der Waals surface area contributed by atoms with E-state index >= 15 is 0 Å². The highest BCUT2D eigenvalue weighted by atomic mass is 16.6. The van der Waals surface area contributed by atoms with Gasteiger partial charge < -0.3 is 30.2 Å². The summed E-state index contributed by atoms with van der Waals surface area (Å²) in [6.07, 6.45) is 4.94. The second-order valence-corrected chi connectivity index (χ2v) is 6.75. The van der Waals surface area contributed by atoms with Crippen LogP contribution in [-0.2, 0) is 28.6 Å². The minimum Gasteiger partial charge on any atom is -0.379 e. The molecule has 0 aliphatic carbocycles. The fourth-order valence-corrected chi connectivity index (χ4v) is 2.29. The van der Waals surface area contributed by atoms with Crippen LogP contribution in [0.25, 0.3) is 0 Å². The van der Waals surface area contributed by atoms with Crippen LogP contribution in [0, 0.1) is 0 Å². The van der Waals surface area contributed by atoms with E-state index < -0.39 is 0 Å². The third-order valence-corrected chi connectivity index (χ3v) is 4.04. The Morgan fingerprint density at radius 2 is 1.48 bits per heavy atom. The monoisotopic (exact) mass is 441 g/mol. The average Bonchev–Trinajstić information content (AvgIpc) is 2.78. The van der Waals surface area contributed by atoms with E-state index in [2.05, 4.69) is 29.1 Å². The van der Waals surface area contributed by atoms with E-state index in [-0.39, 0.29) is 30.2 Å². The van der Waals surface area contributed by atoms with E-state index in [1.54, 1.807) is 0 Å². The van der Waals surface area contributed by atoms with Gasteiger partial charge in [0.2, 0.25) is 11.8 Å². The van der Waals surface area contributed by atoms with Gasteiger partial charge in [-0.1, -0.05) is 20.1 Å². The molecule has 1 atom stereocenters. The Morgan fingerprint density at radius 3 is 2.10 bits per heavy atom. The first-order valence-electron chi connectivity index (χ1n) is 10.8. The second kappa shape index (κ2) is 21.2. The Morgan fingerprint density at radius 1 is 0.871 bits per heavy atom. The van der Waals surface area contributed by atoms with Crippen molar-refractivity contribution in [3.8, 4) is 0 Å². The summed E-state index contributed by atoms with van der Waals surface area (Å²) in [7, 11) is 0. The Kier molecular flexibility index (Phi) is 19.8. The predicted octanol–water partition coefficient (Wildman–Crippen LogP) is 0.748. The van der Waals surface area contributed by atoms with Crippen molar-refractivity contribution in [2.45, 2.75) is 38.7 Å². The Hall–Kier alpha value is -2.07. The van der Waals surface area contributed by atoms with Crippen LogP contribution in [0.4, 0.5) is 0 Å². The molecule has 0 aliphatic rings. The maximum absolute atomic E-state index is 11.2. The zero-order valence-electron chi connectivity index (χ0n) is 18.8. The molecule has 178 valence electrons. The molecule has 9 heteroatoms. The number of carbonyl (C=O) groups is 3. The molecule has 9 nitrogen and oxygen atoms in total. The van der Waals surface area contributed by atoms with E-state index in [9.17, 15) is 14.4 Å². The van der Waals surface area contributed by atoms with Crippen LogP contribution < -0.4 is 16.0 Å². The van der Waals surface area contributed by atoms with Crippen molar-refractivity contribution in [3.63, 3.8) is 0 Å². The fourth-order valence-electron chi connectivity index (χ4n) is 2.29. The highest BCUT2D eigenvalue weighted by Crippen LogP contribution is 1.99. The maximum Gasteiger partial charge on any atom is 0.243 e. The van der Waals surface area contributed by atoms with E-state index in [1.807, 2.05) is 6.92 Å². The van der Waals surface area contributed by atoms with Crippen molar-refractivity contribution in [1.29, 1.82) is 0 Å². The summed E-state index contributed by atoms with van der Waals surface area (Å²) in [5.74, 6) is -0.214. The summed E-state index contributed by atoms with van der Waals surface area (Å²) in [6.45, 7) is 13.0. The lowest BCUT2D eigenvalue weighted by Crippen LogP contribution is -2.30. The molecule has 0 aliphatic heterocycles. The molecule has 0 heterocycles. The lowest BCUT2D eigenvalue weighted by molar-refractivity contribution is -0.121. The van der Waals surface area contributed by atoms with Gasteiger partial charge in [0, 0.05) is 39.3 Å². The number of rotatable bonds is 22. The van der Waals surface area contributed by atoms with Crippen LogP contribution in [0.2, 0.25) is 0 Å². The number of ketones is 1. The second-order valence-electron chi connectivity index (χ2n) is 6.75. The molecule has 0 aromatic rings. The molecule has 0 saturated carbocycles.